The Balaban J connectivity index is 1.62. The van der Waals surface area contributed by atoms with E-state index in [0.717, 1.165) is 6.07 Å². The van der Waals surface area contributed by atoms with E-state index in [0.29, 0.717) is 32.1 Å². The molecule has 2 saturated heterocycles. The lowest BCUT2D eigenvalue weighted by molar-refractivity contribution is -0.134. The molecule has 10 heteroatoms. The van der Waals surface area contributed by atoms with Crippen LogP contribution in [0.1, 0.15) is 12.0 Å². The summed E-state index contributed by atoms with van der Waals surface area (Å²) in [4.78, 5) is 28.4. The third kappa shape index (κ3) is 3.21. The molecule has 4 rings (SSSR count). The molecule has 0 saturated carbocycles. The second-order valence-electron chi connectivity index (χ2n) is 7.82. The third-order valence-corrected chi connectivity index (χ3v) is 5.83. The van der Waals surface area contributed by atoms with Crippen molar-refractivity contribution in [2.75, 3.05) is 26.7 Å². The van der Waals surface area contributed by atoms with Gasteiger partial charge >= 0.3 is 0 Å². The molecule has 1 aromatic rings. The van der Waals surface area contributed by atoms with Crippen LogP contribution < -0.4 is 10.6 Å². The van der Waals surface area contributed by atoms with Gasteiger partial charge in [-0.25, -0.2) is 8.78 Å². The number of aliphatic hydroxyl groups excluding tert-OH is 2. The Morgan fingerprint density at radius 3 is 2.83 bits per heavy atom. The third-order valence-electron chi connectivity index (χ3n) is 5.83. The van der Waals surface area contributed by atoms with E-state index in [1.165, 1.54) is 17.2 Å². The number of benzene rings is 1. The van der Waals surface area contributed by atoms with Crippen LogP contribution in [0.4, 0.5) is 8.78 Å². The molecule has 2 amide bonds. The van der Waals surface area contributed by atoms with E-state index in [2.05, 4.69) is 10.6 Å². The van der Waals surface area contributed by atoms with E-state index < -0.39 is 40.9 Å². The van der Waals surface area contributed by atoms with Gasteiger partial charge in [0, 0.05) is 44.5 Å². The second-order valence-corrected chi connectivity index (χ2v) is 7.82. The summed E-state index contributed by atoms with van der Waals surface area (Å²) >= 11 is 0. The molecule has 8 nitrogen and oxygen atoms in total. The van der Waals surface area contributed by atoms with Crippen LogP contribution in [0.3, 0.4) is 0 Å². The van der Waals surface area contributed by atoms with Gasteiger partial charge in [-0.1, -0.05) is 6.07 Å². The van der Waals surface area contributed by atoms with Gasteiger partial charge in [0.15, 0.2) is 5.76 Å². The van der Waals surface area contributed by atoms with Crippen LogP contribution in [0, 0.1) is 11.6 Å². The molecule has 2 atom stereocenters. The quantitative estimate of drug-likeness (QED) is 0.554. The molecular weight excluding hydrogens is 398 g/mol. The summed E-state index contributed by atoms with van der Waals surface area (Å²) in [6.07, 6.45) is 0.355. The zero-order valence-corrected chi connectivity index (χ0v) is 16.3. The van der Waals surface area contributed by atoms with Crippen LogP contribution in [0.5, 0.6) is 0 Å². The molecule has 3 aliphatic rings. The van der Waals surface area contributed by atoms with E-state index in [1.807, 2.05) is 0 Å². The van der Waals surface area contributed by atoms with Crippen molar-refractivity contribution in [3.8, 4) is 0 Å². The Kier molecular flexibility index (Phi) is 4.99. The topological polar surface area (TPSA) is 105 Å². The van der Waals surface area contributed by atoms with E-state index in [9.17, 15) is 28.6 Å². The molecule has 0 radical (unpaired) electrons. The number of fused-ring (bicyclic) bond motifs is 2. The first kappa shape index (κ1) is 20.3. The van der Waals surface area contributed by atoms with Crippen LogP contribution in [0.25, 0.3) is 0 Å². The number of nitrogens with one attached hydrogen (secondary N) is 2. The van der Waals surface area contributed by atoms with E-state index in [4.69, 9.17) is 0 Å². The molecule has 3 heterocycles. The molecule has 1 spiro atoms. The Morgan fingerprint density at radius 1 is 1.40 bits per heavy atom. The highest BCUT2D eigenvalue weighted by Gasteiger charge is 2.51. The molecular formula is C20H22F2N4O4. The number of piperazine rings is 1. The highest BCUT2D eigenvalue weighted by molar-refractivity contribution is 5.99. The van der Waals surface area contributed by atoms with E-state index in [-0.39, 0.29) is 23.4 Å². The van der Waals surface area contributed by atoms with Gasteiger partial charge in [0.1, 0.15) is 23.4 Å². The molecule has 2 unspecified atom stereocenters. The Bertz CT molecular complexity index is 972. The summed E-state index contributed by atoms with van der Waals surface area (Å²) < 4.78 is 26.9. The van der Waals surface area contributed by atoms with Crippen molar-refractivity contribution < 1.29 is 28.6 Å². The van der Waals surface area contributed by atoms with Gasteiger partial charge in [-0.3, -0.25) is 9.59 Å². The monoisotopic (exact) mass is 420 g/mol. The highest BCUT2D eigenvalue weighted by atomic mass is 19.1. The smallest absolute Gasteiger partial charge is 0.273 e. The normalized spacial score (nSPS) is 26.2. The van der Waals surface area contributed by atoms with Gasteiger partial charge in [-0.15, -0.1) is 0 Å². The fourth-order valence-corrected chi connectivity index (χ4v) is 4.23. The number of aliphatic hydroxyl groups is 2. The summed E-state index contributed by atoms with van der Waals surface area (Å²) in [6.45, 7) is 1.39. The SMILES string of the molecule is CN1CC2(CCNC2)N2C=C(C(=O)NCc3ccc(F)cc3F)C(O)C(O)=C2C1=O. The summed E-state index contributed by atoms with van der Waals surface area (Å²) in [5.41, 5.74) is -0.702. The molecule has 30 heavy (non-hydrogen) atoms. The lowest BCUT2D eigenvalue weighted by Gasteiger charge is -2.50. The summed E-state index contributed by atoms with van der Waals surface area (Å²) in [7, 11) is 1.62. The molecule has 160 valence electrons. The van der Waals surface area contributed by atoms with Crippen LogP contribution in [0.15, 0.2) is 41.4 Å². The van der Waals surface area contributed by atoms with Crippen LogP contribution in [-0.4, -0.2) is 70.2 Å². The predicted octanol–water partition coefficient (Wildman–Crippen LogP) is 0.115. The number of nitrogens with zero attached hydrogens (tertiary/aromatic N) is 2. The number of amides is 2. The molecule has 2 fully saturated rings. The fourth-order valence-electron chi connectivity index (χ4n) is 4.23. The van der Waals surface area contributed by atoms with Crippen molar-refractivity contribution >= 4 is 11.8 Å². The summed E-state index contributed by atoms with van der Waals surface area (Å²) in [5.74, 6) is -3.32. The number of hydrogen-bond donors (Lipinski definition) is 4. The highest BCUT2D eigenvalue weighted by Crippen LogP contribution is 2.38. The molecule has 0 aromatic heterocycles. The van der Waals surface area contributed by atoms with E-state index >= 15 is 0 Å². The first-order chi connectivity index (χ1) is 14.2. The van der Waals surface area contributed by atoms with Crippen LogP contribution in [0.2, 0.25) is 0 Å². The van der Waals surface area contributed by atoms with Gasteiger partial charge in [-0.05, 0) is 19.0 Å². The second kappa shape index (κ2) is 7.37. The molecule has 0 bridgehead atoms. The van der Waals surface area contributed by atoms with Crippen LogP contribution in [-0.2, 0) is 16.1 Å². The Hall–Kier alpha value is -2.98. The minimum absolute atomic E-state index is 0.0546. The summed E-state index contributed by atoms with van der Waals surface area (Å²) in [5, 5.41) is 26.8. The number of rotatable bonds is 3. The van der Waals surface area contributed by atoms with Crippen molar-refractivity contribution in [2.24, 2.45) is 0 Å². The first-order valence-electron chi connectivity index (χ1n) is 9.54. The number of likely N-dealkylation sites (N-methyl/N-ethyl adjacent to an activating group) is 1. The average Bonchev–Trinajstić information content (AvgIpc) is 3.16. The maximum atomic E-state index is 13.8. The molecule has 0 aliphatic carbocycles. The minimum Gasteiger partial charge on any atom is -0.507 e. The predicted molar refractivity (Wildman–Crippen MR) is 102 cm³/mol. The van der Waals surface area contributed by atoms with Gasteiger partial charge in [0.05, 0.1) is 11.1 Å². The van der Waals surface area contributed by atoms with Gasteiger partial charge in [-0.2, -0.15) is 0 Å². The number of hydrogen-bond acceptors (Lipinski definition) is 6. The average molecular weight is 420 g/mol. The molecule has 4 N–H and O–H groups in total. The zero-order chi connectivity index (χ0) is 21.6. The van der Waals surface area contributed by atoms with Gasteiger partial charge in [0.25, 0.3) is 11.8 Å². The zero-order valence-electron chi connectivity index (χ0n) is 16.3. The lowest BCUT2D eigenvalue weighted by atomic mass is 9.88. The standard InChI is InChI=1S/C20H22F2N4O4/c1-25-10-20(4-5-23-9-20)26-8-13(16(27)17(28)15(26)19(25)30)18(29)24-7-11-2-3-12(21)6-14(11)22/h2-3,6,8,16,23,27-28H,4-5,7,9-10H2,1H3,(H,24,29). The molecule has 3 aliphatic heterocycles. The number of carbonyl (C=O) groups is 2. The van der Waals surface area contributed by atoms with Crippen molar-refractivity contribution in [3.63, 3.8) is 0 Å². The van der Waals surface area contributed by atoms with Crippen molar-refractivity contribution in [1.29, 1.82) is 0 Å². The maximum absolute atomic E-state index is 13.8. The van der Waals surface area contributed by atoms with Crippen molar-refractivity contribution in [1.82, 2.24) is 20.4 Å². The lowest BCUT2D eigenvalue weighted by Crippen LogP contribution is -2.63. The number of carbonyl (C=O) groups excluding carboxylic acids is 2. The van der Waals surface area contributed by atoms with E-state index in [1.54, 1.807) is 11.9 Å². The summed E-state index contributed by atoms with van der Waals surface area (Å²) in [6, 6.07) is 3.00. The maximum Gasteiger partial charge on any atom is 0.273 e. The Morgan fingerprint density at radius 2 is 2.17 bits per heavy atom. The number of halogens is 2. The van der Waals surface area contributed by atoms with Gasteiger partial charge in [0.2, 0.25) is 0 Å². The van der Waals surface area contributed by atoms with Crippen LogP contribution >= 0.6 is 0 Å². The largest absolute Gasteiger partial charge is 0.507 e. The van der Waals surface area contributed by atoms with Crippen molar-refractivity contribution in [2.45, 2.75) is 24.6 Å². The van der Waals surface area contributed by atoms with Crippen molar-refractivity contribution in [3.05, 3.63) is 58.6 Å². The van der Waals surface area contributed by atoms with Gasteiger partial charge < -0.3 is 30.6 Å². The molecule has 1 aromatic carbocycles. The minimum atomic E-state index is -1.70. The first-order valence-corrected chi connectivity index (χ1v) is 9.54. The fraction of sp³-hybridized carbons (Fsp3) is 0.400. The Labute approximate surface area is 171 Å².